The first kappa shape index (κ1) is 34.8. The second-order valence-corrected chi connectivity index (χ2v) is 24.6. The van der Waals surface area contributed by atoms with Crippen LogP contribution in [0, 0.1) is 38.9 Å². The Morgan fingerprint density at radius 1 is 0.816 bits per heavy atom. The molecule has 0 bridgehead atoms. The number of hydrogen-bond donors (Lipinski definition) is 0. The van der Waals surface area contributed by atoms with Crippen molar-refractivity contribution in [2.75, 3.05) is 0 Å². The van der Waals surface area contributed by atoms with Gasteiger partial charge in [0.2, 0.25) is 5.95 Å². The summed E-state index contributed by atoms with van der Waals surface area (Å²) in [6.45, 7) is 6.05. The summed E-state index contributed by atoms with van der Waals surface area (Å²) in [6.07, 6.45) is 2.04. The molecule has 0 unspecified atom stereocenters. The molecule has 0 atom stereocenters. The van der Waals surface area contributed by atoms with Gasteiger partial charge in [-0.05, 0) is 54.9 Å². The molecule has 0 saturated carbocycles. The molecular weight excluding hydrogens is 866 g/mol. The van der Waals surface area contributed by atoms with E-state index in [0.29, 0.717) is 4.83 Å². The minimum atomic E-state index is -1.72. The predicted octanol–water partition coefficient (Wildman–Crippen LogP) is 9.81. The average Bonchev–Trinajstić information content (AvgIpc) is 3.64. The standard InChI is InChI=1S/C26H18FN4S.C14H16GeN.Ir/c1-14-8-9-19(24-23(14)18-10-11-22(27)30-26(18)32-24)25-29-20-6-4-5-7-21(20)31(25)17-12-15(2)28-16(3)13-17;1-15(2,3)13-9-10-14(16-11-13)12-7-5-4-6-8-12;/h4-8,10-13H,1-3H3;4-7,9-11H,1-3H3;/q2*-1;. The molecule has 0 aliphatic carbocycles. The van der Waals surface area contributed by atoms with E-state index in [0.717, 1.165) is 71.8 Å². The largest absolute Gasteiger partial charge is 0 e. The van der Waals surface area contributed by atoms with Gasteiger partial charge in [-0.1, -0.05) is 30.0 Å². The van der Waals surface area contributed by atoms with Crippen molar-refractivity contribution in [1.29, 1.82) is 0 Å². The van der Waals surface area contributed by atoms with Gasteiger partial charge < -0.3 is 4.57 Å². The number of aromatic nitrogens is 5. The third-order valence-electron chi connectivity index (χ3n) is 8.30. The summed E-state index contributed by atoms with van der Waals surface area (Å²) in [6, 6.07) is 36.4. The molecule has 9 heteroatoms. The SMILES string of the molecule is Cc1cc(-n2c(-c3[c-]cc(C)c4c3sc3nc(F)ccc34)nc3ccccc32)cc(C)n1.[CH3][Ge]([CH3])([CH3])[c]1ccc(-c2[c-]cccc2)nc1.[Ir]. The Hall–Kier alpha value is -4.08. The molecule has 8 rings (SSSR count). The molecule has 3 aromatic carbocycles. The second kappa shape index (κ2) is 14.0. The van der Waals surface area contributed by atoms with Crippen LogP contribution in [0.4, 0.5) is 4.39 Å². The average molecular weight is 901 g/mol. The van der Waals surface area contributed by atoms with Crippen molar-refractivity contribution in [3.8, 4) is 28.3 Å². The number of rotatable bonds is 4. The Kier molecular flexibility index (Phi) is 9.96. The molecule has 0 aliphatic rings. The molecule has 49 heavy (non-hydrogen) atoms. The van der Waals surface area contributed by atoms with Crippen LogP contribution in [-0.2, 0) is 20.1 Å². The fourth-order valence-corrected chi connectivity index (χ4v) is 9.36. The van der Waals surface area contributed by atoms with Crippen LogP contribution in [0.1, 0.15) is 17.0 Å². The van der Waals surface area contributed by atoms with E-state index in [-0.39, 0.29) is 20.1 Å². The van der Waals surface area contributed by atoms with Crippen molar-refractivity contribution in [3.05, 3.63) is 132 Å². The number of fused-ring (bicyclic) bond motifs is 4. The number of imidazole rings is 1. The number of hydrogen-bond acceptors (Lipinski definition) is 5. The Morgan fingerprint density at radius 3 is 2.27 bits per heavy atom. The number of pyridine rings is 3. The van der Waals surface area contributed by atoms with Gasteiger partial charge in [-0.25, -0.2) is 4.98 Å². The second-order valence-electron chi connectivity index (χ2n) is 13.0. The van der Waals surface area contributed by atoms with Gasteiger partial charge in [0.15, 0.2) is 0 Å². The number of halogens is 1. The molecule has 5 aromatic heterocycles. The summed E-state index contributed by atoms with van der Waals surface area (Å²) in [5.41, 5.74) is 8.87. The summed E-state index contributed by atoms with van der Waals surface area (Å²) in [5, 5.41) is 2.03. The van der Waals surface area contributed by atoms with E-state index in [9.17, 15) is 4.39 Å². The Balaban J connectivity index is 0.000000208. The summed E-state index contributed by atoms with van der Waals surface area (Å²) < 4.78 is 18.5. The quantitative estimate of drug-likeness (QED) is 0.100. The molecule has 247 valence electrons. The number of thiophene rings is 1. The first-order chi connectivity index (χ1) is 23.1. The van der Waals surface area contributed by atoms with Gasteiger partial charge in [-0.2, -0.15) is 15.7 Å². The molecule has 0 amide bonds. The maximum Gasteiger partial charge on any atom is 0 e. The number of para-hydroxylation sites is 2. The fraction of sp³-hybridized carbons (Fsp3) is 0.150. The molecule has 0 N–H and O–H groups in total. The predicted molar refractivity (Wildman–Crippen MR) is 199 cm³/mol. The zero-order valence-corrected chi connectivity index (χ0v) is 33.4. The number of nitrogens with zero attached hydrogens (tertiary/aromatic N) is 5. The van der Waals surface area contributed by atoms with Crippen molar-refractivity contribution >= 4 is 60.3 Å². The van der Waals surface area contributed by atoms with Crippen LogP contribution in [0.2, 0.25) is 17.3 Å². The number of benzene rings is 3. The van der Waals surface area contributed by atoms with Crippen molar-refractivity contribution in [1.82, 2.24) is 24.5 Å². The van der Waals surface area contributed by atoms with Gasteiger partial charge in [0.25, 0.3) is 0 Å². The van der Waals surface area contributed by atoms with E-state index in [1.165, 1.54) is 21.8 Å². The molecule has 8 aromatic rings. The maximum atomic E-state index is 13.9. The maximum absolute atomic E-state index is 13.9. The van der Waals surface area contributed by atoms with Gasteiger partial charge in [0, 0.05) is 42.6 Å². The van der Waals surface area contributed by atoms with Crippen LogP contribution in [0.15, 0.2) is 97.2 Å². The normalized spacial score (nSPS) is 11.4. The monoisotopic (exact) mass is 902 g/mol. The zero-order chi connectivity index (χ0) is 33.6. The van der Waals surface area contributed by atoms with E-state index in [2.05, 4.69) is 86.2 Å². The fourth-order valence-electron chi connectivity index (χ4n) is 5.95. The van der Waals surface area contributed by atoms with Crippen LogP contribution in [0.25, 0.3) is 59.7 Å². The van der Waals surface area contributed by atoms with E-state index in [1.54, 1.807) is 0 Å². The topological polar surface area (TPSA) is 56.5 Å². The van der Waals surface area contributed by atoms with E-state index in [4.69, 9.17) is 4.98 Å². The summed E-state index contributed by atoms with van der Waals surface area (Å²) in [7, 11) is 0. The summed E-state index contributed by atoms with van der Waals surface area (Å²) in [4.78, 5) is 18.9. The Labute approximate surface area is 306 Å². The Morgan fingerprint density at radius 2 is 1.57 bits per heavy atom. The van der Waals surface area contributed by atoms with Gasteiger partial charge in [-0.15, -0.1) is 17.7 Å². The zero-order valence-electron chi connectivity index (χ0n) is 28.1. The first-order valence-electron chi connectivity index (χ1n) is 15.8. The van der Waals surface area contributed by atoms with Crippen molar-refractivity contribution in [2.45, 2.75) is 38.0 Å². The van der Waals surface area contributed by atoms with E-state index < -0.39 is 19.2 Å². The molecule has 0 fully saturated rings. The van der Waals surface area contributed by atoms with Crippen LogP contribution in [0.3, 0.4) is 0 Å². The smallest absolute Gasteiger partial charge is 0 e. The van der Waals surface area contributed by atoms with Gasteiger partial charge in [0.1, 0.15) is 4.83 Å². The van der Waals surface area contributed by atoms with Gasteiger partial charge >= 0.3 is 99.8 Å². The van der Waals surface area contributed by atoms with E-state index in [1.807, 2.05) is 74.6 Å². The Bertz CT molecular complexity index is 2410. The van der Waals surface area contributed by atoms with Crippen LogP contribution in [-0.4, -0.2) is 37.8 Å². The van der Waals surface area contributed by atoms with Crippen molar-refractivity contribution in [3.63, 3.8) is 0 Å². The van der Waals surface area contributed by atoms with Crippen LogP contribution in [0.5, 0.6) is 0 Å². The summed E-state index contributed by atoms with van der Waals surface area (Å²) in [5.74, 6) is 7.47. The molecule has 0 aliphatic heterocycles. The molecule has 0 saturated heterocycles. The minimum Gasteiger partial charge on any atom is 0 e. The third-order valence-corrected chi connectivity index (χ3v) is 13.7. The number of aryl methyl sites for hydroxylation is 3. The van der Waals surface area contributed by atoms with Crippen molar-refractivity contribution < 1.29 is 24.5 Å². The van der Waals surface area contributed by atoms with E-state index >= 15 is 0 Å². The third kappa shape index (κ3) is 7.01. The van der Waals surface area contributed by atoms with Crippen LogP contribution < -0.4 is 4.40 Å². The molecule has 5 heterocycles. The first-order valence-corrected chi connectivity index (χ1v) is 24.0. The van der Waals surface area contributed by atoms with Gasteiger partial charge in [0.05, 0.1) is 16.9 Å². The van der Waals surface area contributed by atoms with Gasteiger partial charge in [-0.3, -0.25) is 9.97 Å². The summed E-state index contributed by atoms with van der Waals surface area (Å²) >= 11 is -0.232. The minimum absolute atomic E-state index is 0. The van der Waals surface area contributed by atoms with Crippen molar-refractivity contribution in [2.24, 2.45) is 0 Å². The molecule has 5 nitrogen and oxygen atoms in total. The molecular formula is C40H34FGeIrN5S-2. The molecule has 1 radical (unpaired) electrons. The molecule has 0 spiro atoms. The van der Waals surface area contributed by atoms with Crippen LogP contribution >= 0.6 is 11.3 Å².